The highest BCUT2D eigenvalue weighted by Crippen LogP contribution is 2.26. The highest BCUT2D eigenvalue weighted by Gasteiger charge is 2.11. The summed E-state index contributed by atoms with van der Waals surface area (Å²) in [7, 11) is 1.85. The molecule has 5 nitrogen and oxygen atoms in total. The summed E-state index contributed by atoms with van der Waals surface area (Å²) in [6.45, 7) is 0. The van der Waals surface area contributed by atoms with Crippen molar-refractivity contribution in [1.82, 2.24) is 20.0 Å². The molecule has 0 unspecified atom stereocenters. The first-order chi connectivity index (χ1) is 7.83. The van der Waals surface area contributed by atoms with E-state index in [1.54, 1.807) is 22.2 Å². The molecular formula is C10H8N4OS. The van der Waals surface area contributed by atoms with Crippen molar-refractivity contribution in [3.05, 3.63) is 29.9 Å². The van der Waals surface area contributed by atoms with E-state index in [1.807, 2.05) is 30.8 Å². The number of aromatic nitrogens is 4. The molecule has 0 radical (unpaired) electrons. The van der Waals surface area contributed by atoms with Gasteiger partial charge >= 0.3 is 0 Å². The van der Waals surface area contributed by atoms with Gasteiger partial charge in [0, 0.05) is 13.2 Å². The summed E-state index contributed by atoms with van der Waals surface area (Å²) >= 11 is 1.57. The van der Waals surface area contributed by atoms with Crippen LogP contribution in [0.1, 0.15) is 0 Å². The molecule has 0 atom stereocenters. The lowest BCUT2D eigenvalue weighted by Crippen LogP contribution is -1.84. The van der Waals surface area contributed by atoms with Gasteiger partial charge in [0.1, 0.15) is 0 Å². The van der Waals surface area contributed by atoms with E-state index in [2.05, 4.69) is 15.3 Å². The predicted molar refractivity (Wildman–Crippen MR) is 59.8 cm³/mol. The molecule has 3 heterocycles. The van der Waals surface area contributed by atoms with E-state index in [4.69, 9.17) is 4.42 Å². The van der Waals surface area contributed by atoms with Crippen LogP contribution in [-0.4, -0.2) is 20.0 Å². The average molecular weight is 232 g/mol. The number of hydrogen-bond acceptors (Lipinski definition) is 5. The Morgan fingerprint density at radius 1 is 1.31 bits per heavy atom. The van der Waals surface area contributed by atoms with Crippen LogP contribution in [0.5, 0.6) is 0 Å². The highest BCUT2D eigenvalue weighted by molar-refractivity contribution is 7.13. The molecule has 0 aliphatic carbocycles. The van der Waals surface area contributed by atoms with Crippen molar-refractivity contribution >= 4 is 11.3 Å². The first-order valence-electron chi connectivity index (χ1n) is 4.69. The average Bonchev–Trinajstić information content (AvgIpc) is 2.97. The maximum Gasteiger partial charge on any atom is 0.258 e. The molecule has 0 aromatic carbocycles. The minimum atomic E-state index is 0.497. The van der Waals surface area contributed by atoms with Crippen LogP contribution in [0, 0.1) is 0 Å². The van der Waals surface area contributed by atoms with Gasteiger partial charge in [0.2, 0.25) is 0 Å². The van der Waals surface area contributed by atoms with Crippen LogP contribution in [0.15, 0.2) is 34.3 Å². The fraction of sp³-hybridized carbons (Fsp3) is 0.100. The van der Waals surface area contributed by atoms with Gasteiger partial charge in [-0.3, -0.25) is 4.68 Å². The van der Waals surface area contributed by atoms with E-state index in [1.165, 1.54) is 0 Å². The zero-order valence-electron chi connectivity index (χ0n) is 8.49. The Balaban J connectivity index is 2.00. The standard InChI is InChI=1S/C10H8N4OS/c1-14-6-7(5-11-14)9-12-13-10(15-9)8-3-2-4-16-8/h2-6H,1H3. The van der Waals surface area contributed by atoms with Crippen LogP contribution >= 0.6 is 11.3 Å². The Labute approximate surface area is 95.4 Å². The lowest BCUT2D eigenvalue weighted by Gasteiger charge is -1.86. The normalized spacial score (nSPS) is 10.8. The molecule has 3 aromatic rings. The smallest absolute Gasteiger partial charge is 0.258 e. The first-order valence-corrected chi connectivity index (χ1v) is 5.57. The van der Waals surface area contributed by atoms with E-state index in [-0.39, 0.29) is 0 Å². The van der Waals surface area contributed by atoms with E-state index in [0.29, 0.717) is 11.8 Å². The quantitative estimate of drug-likeness (QED) is 0.679. The van der Waals surface area contributed by atoms with Crippen molar-refractivity contribution < 1.29 is 4.42 Å². The molecule has 6 heteroatoms. The van der Waals surface area contributed by atoms with Crippen molar-refractivity contribution in [3.8, 4) is 22.2 Å². The Bertz CT molecular complexity index is 596. The van der Waals surface area contributed by atoms with Gasteiger partial charge in [-0.2, -0.15) is 5.10 Å². The van der Waals surface area contributed by atoms with Crippen LogP contribution in [-0.2, 0) is 7.05 Å². The molecule has 0 fully saturated rings. The van der Waals surface area contributed by atoms with Crippen LogP contribution in [0.3, 0.4) is 0 Å². The molecule has 3 aromatic heterocycles. The Kier molecular flexibility index (Phi) is 2.07. The first kappa shape index (κ1) is 9.29. The molecule has 0 aliphatic rings. The lowest BCUT2D eigenvalue weighted by atomic mass is 10.4. The predicted octanol–water partition coefficient (Wildman–Crippen LogP) is 2.20. The fourth-order valence-electron chi connectivity index (χ4n) is 1.37. The monoisotopic (exact) mass is 232 g/mol. The third kappa shape index (κ3) is 1.53. The molecule has 0 spiro atoms. The van der Waals surface area contributed by atoms with Crippen molar-refractivity contribution in [2.45, 2.75) is 0 Å². The summed E-state index contributed by atoms with van der Waals surface area (Å²) < 4.78 is 7.26. The maximum atomic E-state index is 5.56. The third-order valence-corrected chi connectivity index (χ3v) is 2.97. The van der Waals surface area contributed by atoms with Crippen molar-refractivity contribution in [1.29, 1.82) is 0 Å². The number of thiophene rings is 1. The second kappa shape index (κ2) is 3.57. The summed E-state index contributed by atoms with van der Waals surface area (Å²) in [5, 5.41) is 14.0. The van der Waals surface area contributed by atoms with Crippen LogP contribution < -0.4 is 0 Å². The summed E-state index contributed by atoms with van der Waals surface area (Å²) in [5.41, 5.74) is 0.831. The van der Waals surface area contributed by atoms with E-state index >= 15 is 0 Å². The van der Waals surface area contributed by atoms with Gasteiger partial charge in [0.05, 0.1) is 16.6 Å². The number of nitrogens with zero attached hydrogens (tertiary/aromatic N) is 4. The molecule has 0 saturated heterocycles. The number of aryl methyl sites for hydroxylation is 1. The number of rotatable bonds is 2. The molecule has 80 valence electrons. The van der Waals surface area contributed by atoms with Crippen LogP contribution in [0.4, 0.5) is 0 Å². The van der Waals surface area contributed by atoms with Gasteiger partial charge in [-0.25, -0.2) is 0 Å². The Morgan fingerprint density at radius 3 is 2.88 bits per heavy atom. The van der Waals surface area contributed by atoms with Crippen LogP contribution in [0.2, 0.25) is 0 Å². The molecule has 0 N–H and O–H groups in total. The molecule has 0 aliphatic heterocycles. The van der Waals surface area contributed by atoms with Gasteiger partial charge in [-0.05, 0) is 11.4 Å². The molecule has 0 bridgehead atoms. The molecule has 0 amide bonds. The zero-order valence-corrected chi connectivity index (χ0v) is 9.31. The number of hydrogen-bond donors (Lipinski definition) is 0. The Morgan fingerprint density at radius 2 is 2.19 bits per heavy atom. The summed E-state index contributed by atoms with van der Waals surface area (Å²) in [4.78, 5) is 0.975. The molecule has 0 saturated carbocycles. The van der Waals surface area contributed by atoms with Gasteiger partial charge < -0.3 is 4.42 Å². The minimum absolute atomic E-state index is 0.497. The summed E-state index contributed by atoms with van der Waals surface area (Å²) in [5.74, 6) is 1.05. The minimum Gasteiger partial charge on any atom is -0.415 e. The second-order valence-electron chi connectivity index (χ2n) is 3.29. The van der Waals surface area contributed by atoms with Gasteiger partial charge in [0.15, 0.2) is 0 Å². The molecule has 3 rings (SSSR count). The zero-order chi connectivity index (χ0) is 11.0. The van der Waals surface area contributed by atoms with Gasteiger partial charge in [-0.15, -0.1) is 21.5 Å². The van der Waals surface area contributed by atoms with Crippen molar-refractivity contribution in [2.75, 3.05) is 0 Å². The lowest BCUT2D eigenvalue weighted by molar-refractivity contribution is 0.586. The molecule has 16 heavy (non-hydrogen) atoms. The van der Waals surface area contributed by atoms with Crippen LogP contribution in [0.25, 0.3) is 22.2 Å². The summed E-state index contributed by atoms with van der Waals surface area (Å²) in [6, 6.07) is 3.90. The van der Waals surface area contributed by atoms with Crippen molar-refractivity contribution in [2.24, 2.45) is 7.05 Å². The largest absolute Gasteiger partial charge is 0.415 e. The third-order valence-electron chi connectivity index (χ3n) is 2.11. The molecular weight excluding hydrogens is 224 g/mol. The fourth-order valence-corrected chi connectivity index (χ4v) is 2.02. The maximum absolute atomic E-state index is 5.56. The van der Waals surface area contributed by atoms with E-state index in [0.717, 1.165) is 10.4 Å². The van der Waals surface area contributed by atoms with E-state index in [9.17, 15) is 0 Å². The van der Waals surface area contributed by atoms with Crippen molar-refractivity contribution in [3.63, 3.8) is 0 Å². The second-order valence-corrected chi connectivity index (χ2v) is 4.24. The van der Waals surface area contributed by atoms with Gasteiger partial charge in [0.25, 0.3) is 11.8 Å². The highest BCUT2D eigenvalue weighted by atomic mass is 32.1. The topological polar surface area (TPSA) is 56.7 Å². The van der Waals surface area contributed by atoms with Gasteiger partial charge in [-0.1, -0.05) is 6.07 Å². The SMILES string of the molecule is Cn1cc(-c2nnc(-c3cccs3)o2)cn1. The van der Waals surface area contributed by atoms with E-state index < -0.39 is 0 Å². The Hall–Kier alpha value is -1.95. The summed E-state index contributed by atoms with van der Waals surface area (Å²) in [6.07, 6.45) is 3.54.